The van der Waals surface area contributed by atoms with Crippen LogP contribution < -0.4 is 0 Å². The van der Waals surface area contributed by atoms with Crippen molar-refractivity contribution in [2.24, 2.45) is 0 Å². The SMILES string of the molecule is c1ccc(-c2ccc3ccccc3c2-c2nc(-c3c(-c4cccc5ccccc45)ccc4ccccc34)nc(-c3cccc4c3oc3ccccc34)n2)cc1. The number of aromatic nitrogens is 3. The minimum absolute atomic E-state index is 0.549. The monoisotopic (exact) mass is 701 g/mol. The van der Waals surface area contributed by atoms with Crippen molar-refractivity contribution in [1.29, 1.82) is 0 Å². The lowest BCUT2D eigenvalue weighted by Gasteiger charge is -2.18. The van der Waals surface area contributed by atoms with Gasteiger partial charge in [-0.25, -0.2) is 15.0 Å². The Morgan fingerprint density at radius 1 is 0.291 bits per heavy atom. The van der Waals surface area contributed by atoms with Crippen LogP contribution in [-0.2, 0) is 0 Å². The molecule has 0 aliphatic rings. The topological polar surface area (TPSA) is 51.8 Å². The number of benzene rings is 9. The van der Waals surface area contributed by atoms with Gasteiger partial charge in [-0.15, -0.1) is 0 Å². The first-order valence-electron chi connectivity index (χ1n) is 18.5. The molecule has 4 nitrogen and oxygen atoms in total. The Morgan fingerprint density at radius 3 is 1.51 bits per heavy atom. The van der Waals surface area contributed by atoms with Gasteiger partial charge in [0.25, 0.3) is 0 Å². The van der Waals surface area contributed by atoms with E-state index in [0.717, 1.165) is 82.4 Å². The molecule has 0 atom stereocenters. The summed E-state index contributed by atoms with van der Waals surface area (Å²) in [4.78, 5) is 16.4. The Labute approximate surface area is 317 Å². The lowest BCUT2D eigenvalue weighted by Crippen LogP contribution is -2.03. The second-order valence-electron chi connectivity index (χ2n) is 13.9. The summed E-state index contributed by atoms with van der Waals surface area (Å²) in [6.45, 7) is 0. The highest BCUT2D eigenvalue weighted by Crippen LogP contribution is 2.43. The maximum Gasteiger partial charge on any atom is 0.167 e. The van der Waals surface area contributed by atoms with Crippen LogP contribution in [0, 0.1) is 0 Å². The van der Waals surface area contributed by atoms with Gasteiger partial charge in [-0.2, -0.15) is 0 Å². The molecule has 0 fully saturated rings. The lowest BCUT2D eigenvalue weighted by atomic mass is 9.90. The number of hydrogen-bond acceptors (Lipinski definition) is 4. The number of furan rings is 1. The van der Waals surface area contributed by atoms with Gasteiger partial charge in [-0.05, 0) is 66.7 Å². The van der Waals surface area contributed by atoms with Crippen LogP contribution in [0.3, 0.4) is 0 Å². The van der Waals surface area contributed by atoms with Crippen molar-refractivity contribution in [3.8, 4) is 56.4 Å². The van der Waals surface area contributed by atoms with Crippen LogP contribution in [0.1, 0.15) is 0 Å². The van der Waals surface area contributed by atoms with E-state index in [1.807, 2.05) is 24.3 Å². The molecule has 0 N–H and O–H groups in total. The summed E-state index contributed by atoms with van der Waals surface area (Å²) in [5.41, 5.74) is 8.62. The average Bonchev–Trinajstić information content (AvgIpc) is 3.64. The van der Waals surface area contributed by atoms with Gasteiger partial charge in [0.1, 0.15) is 11.2 Å². The molecule has 9 aromatic carbocycles. The van der Waals surface area contributed by atoms with Crippen molar-refractivity contribution in [2.75, 3.05) is 0 Å². The summed E-state index contributed by atoms with van der Waals surface area (Å²) < 4.78 is 6.60. The standard InChI is InChI=1S/C51H31N3O/c1-2-14-33(15-3-1)39-30-28-34-17-5-8-21-37(34)46(39)50-52-49(44-26-13-25-43-41-23-10-11-27-45(41)55-48(43)44)53-51(54-50)47-38-22-9-6-18-35(38)29-31-42(47)40-24-12-19-32-16-4-7-20-36(32)40/h1-31H. The van der Waals surface area contributed by atoms with Crippen LogP contribution in [0.5, 0.6) is 0 Å². The summed E-state index contributed by atoms with van der Waals surface area (Å²) in [5.74, 6) is 1.74. The van der Waals surface area contributed by atoms with E-state index in [-0.39, 0.29) is 0 Å². The molecule has 0 bridgehead atoms. The molecular weight excluding hydrogens is 671 g/mol. The first-order chi connectivity index (χ1) is 27.3. The molecule has 4 heteroatoms. The van der Waals surface area contributed by atoms with Gasteiger partial charge in [0.05, 0.1) is 5.56 Å². The predicted octanol–water partition coefficient (Wildman–Crippen LogP) is 13.6. The van der Waals surface area contributed by atoms with Crippen LogP contribution >= 0.6 is 0 Å². The molecule has 11 rings (SSSR count). The van der Waals surface area contributed by atoms with Crippen LogP contribution in [0.25, 0.3) is 111 Å². The third kappa shape index (κ3) is 5.11. The number of para-hydroxylation sites is 2. The summed E-state index contributed by atoms with van der Waals surface area (Å²) >= 11 is 0. The molecule has 0 unspecified atom stereocenters. The van der Waals surface area contributed by atoms with E-state index in [1.165, 1.54) is 10.8 Å². The van der Waals surface area contributed by atoms with Gasteiger partial charge in [0.2, 0.25) is 0 Å². The van der Waals surface area contributed by atoms with Crippen LogP contribution in [0.2, 0.25) is 0 Å². The van der Waals surface area contributed by atoms with E-state index >= 15 is 0 Å². The Hall–Kier alpha value is -7.43. The third-order valence-electron chi connectivity index (χ3n) is 10.8. The summed E-state index contributed by atoms with van der Waals surface area (Å²) in [5, 5.41) is 8.79. The fraction of sp³-hybridized carbons (Fsp3) is 0. The zero-order valence-electron chi connectivity index (χ0n) is 29.6. The number of hydrogen-bond donors (Lipinski definition) is 0. The number of fused-ring (bicyclic) bond motifs is 6. The average molecular weight is 702 g/mol. The first-order valence-corrected chi connectivity index (χ1v) is 18.5. The van der Waals surface area contributed by atoms with Gasteiger partial charge < -0.3 is 4.42 Å². The van der Waals surface area contributed by atoms with E-state index in [2.05, 4.69) is 164 Å². The van der Waals surface area contributed by atoms with Crippen molar-refractivity contribution >= 4 is 54.3 Å². The van der Waals surface area contributed by atoms with Crippen molar-refractivity contribution in [3.63, 3.8) is 0 Å². The van der Waals surface area contributed by atoms with Gasteiger partial charge >= 0.3 is 0 Å². The number of rotatable bonds is 5. The molecular formula is C51H31N3O. The lowest BCUT2D eigenvalue weighted by molar-refractivity contribution is 0.669. The molecule has 0 saturated carbocycles. The van der Waals surface area contributed by atoms with Gasteiger partial charge in [-0.3, -0.25) is 0 Å². The van der Waals surface area contributed by atoms with Gasteiger partial charge in [-0.1, -0.05) is 176 Å². The van der Waals surface area contributed by atoms with Gasteiger partial charge in [0.15, 0.2) is 17.5 Å². The smallest absolute Gasteiger partial charge is 0.167 e. The summed E-state index contributed by atoms with van der Waals surface area (Å²) in [6, 6.07) is 65.7. The van der Waals surface area contributed by atoms with Crippen molar-refractivity contribution in [2.45, 2.75) is 0 Å². The Bertz CT molecular complexity index is 3270. The van der Waals surface area contributed by atoms with Crippen LogP contribution in [0.15, 0.2) is 192 Å². The molecule has 0 aliphatic heterocycles. The highest BCUT2D eigenvalue weighted by molar-refractivity contribution is 6.11. The third-order valence-corrected chi connectivity index (χ3v) is 10.8. The molecule has 11 aromatic rings. The van der Waals surface area contributed by atoms with Crippen molar-refractivity contribution in [3.05, 3.63) is 188 Å². The fourth-order valence-electron chi connectivity index (χ4n) is 8.21. The highest BCUT2D eigenvalue weighted by Gasteiger charge is 2.23. The quantitative estimate of drug-likeness (QED) is 0.179. The van der Waals surface area contributed by atoms with E-state index < -0.39 is 0 Å². The zero-order valence-corrected chi connectivity index (χ0v) is 29.6. The summed E-state index contributed by atoms with van der Waals surface area (Å²) in [6.07, 6.45) is 0. The van der Waals surface area contributed by atoms with E-state index in [9.17, 15) is 0 Å². The molecule has 0 aliphatic carbocycles. The molecule has 2 heterocycles. The molecule has 256 valence electrons. The molecule has 55 heavy (non-hydrogen) atoms. The Morgan fingerprint density at radius 2 is 0.782 bits per heavy atom. The minimum atomic E-state index is 0.549. The minimum Gasteiger partial charge on any atom is -0.455 e. The zero-order chi connectivity index (χ0) is 36.3. The van der Waals surface area contributed by atoms with Gasteiger partial charge in [0, 0.05) is 21.9 Å². The van der Waals surface area contributed by atoms with E-state index in [4.69, 9.17) is 19.4 Å². The second kappa shape index (κ2) is 12.6. The van der Waals surface area contributed by atoms with Crippen molar-refractivity contribution in [1.82, 2.24) is 15.0 Å². The maximum absolute atomic E-state index is 6.60. The fourth-order valence-corrected chi connectivity index (χ4v) is 8.21. The van der Waals surface area contributed by atoms with E-state index in [0.29, 0.717) is 17.5 Å². The van der Waals surface area contributed by atoms with E-state index in [1.54, 1.807) is 0 Å². The maximum atomic E-state index is 6.60. The summed E-state index contributed by atoms with van der Waals surface area (Å²) in [7, 11) is 0. The highest BCUT2D eigenvalue weighted by atomic mass is 16.3. The Balaban J connectivity index is 1.28. The first kappa shape index (κ1) is 31.1. The molecule has 0 radical (unpaired) electrons. The van der Waals surface area contributed by atoms with Crippen LogP contribution in [0.4, 0.5) is 0 Å². The molecule has 0 saturated heterocycles. The Kier molecular flexibility index (Phi) is 7.14. The van der Waals surface area contributed by atoms with Crippen LogP contribution in [-0.4, -0.2) is 15.0 Å². The second-order valence-corrected chi connectivity index (χ2v) is 13.9. The normalized spacial score (nSPS) is 11.6. The molecule has 0 spiro atoms. The predicted molar refractivity (Wildman–Crippen MR) is 227 cm³/mol. The number of nitrogens with zero attached hydrogens (tertiary/aromatic N) is 3. The van der Waals surface area contributed by atoms with Crippen molar-refractivity contribution < 1.29 is 4.42 Å². The molecule has 0 amide bonds. The molecule has 2 aromatic heterocycles. The largest absolute Gasteiger partial charge is 0.455 e.